The van der Waals surface area contributed by atoms with E-state index in [1.54, 1.807) is 0 Å². The van der Waals surface area contributed by atoms with Gasteiger partial charge in [-0.1, -0.05) is 28.1 Å². The SMILES string of the molecule is CN(C)c1ccc(N2CCN(Cc3ccc(Br)cc3)CC2)nn1. The van der Waals surface area contributed by atoms with Crippen LogP contribution in [0.5, 0.6) is 0 Å². The standard InChI is InChI=1S/C17H22BrN5/c1-21(2)16-7-8-17(20-19-16)23-11-9-22(10-12-23)13-14-3-5-15(18)6-4-14/h3-8H,9-13H2,1-2H3. The molecule has 122 valence electrons. The highest BCUT2D eigenvalue weighted by Gasteiger charge is 2.18. The summed E-state index contributed by atoms with van der Waals surface area (Å²) in [5, 5.41) is 8.62. The molecule has 1 fully saturated rings. The van der Waals surface area contributed by atoms with Gasteiger partial charge >= 0.3 is 0 Å². The van der Waals surface area contributed by atoms with Crippen molar-refractivity contribution < 1.29 is 0 Å². The lowest BCUT2D eigenvalue weighted by atomic mass is 10.2. The Labute approximate surface area is 146 Å². The van der Waals surface area contributed by atoms with Crippen molar-refractivity contribution in [2.45, 2.75) is 6.54 Å². The Bertz CT molecular complexity index is 618. The molecular formula is C17H22BrN5. The molecule has 0 aliphatic carbocycles. The number of piperazine rings is 1. The predicted molar refractivity (Wildman–Crippen MR) is 98.0 cm³/mol. The second-order valence-corrected chi connectivity index (χ2v) is 6.95. The van der Waals surface area contributed by atoms with Gasteiger partial charge in [0.25, 0.3) is 0 Å². The third-order valence-electron chi connectivity index (χ3n) is 4.11. The second kappa shape index (κ2) is 7.27. The molecule has 5 nitrogen and oxygen atoms in total. The number of aromatic nitrogens is 2. The molecule has 1 aliphatic rings. The first kappa shape index (κ1) is 16.2. The molecule has 0 atom stereocenters. The number of rotatable bonds is 4. The van der Waals surface area contributed by atoms with Gasteiger partial charge in [-0.3, -0.25) is 4.90 Å². The van der Waals surface area contributed by atoms with Crippen LogP contribution in [0.4, 0.5) is 11.6 Å². The minimum atomic E-state index is 0.891. The molecule has 0 spiro atoms. The van der Waals surface area contributed by atoms with Crippen LogP contribution in [0.3, 0.4) is 0 Å². The van der Waals surface area contributed by atoms with Crippen molar-refractivity contribution in [2.24, 2.45) is 0 Å². The fourth-order valence-corrected chi connectivity index (χ4v) is 2.97. The van der Waals surface area contributed by atoms with Crippen molar-refractivity contribution in [1.82, 2.24) is 15.1 Å². The lowest BCUT2D eigenvalue weighted by molar-refractivity contribution is 0.249. The first-order valence-electron chi connectivity index (χ1n) is 7.84. The topological polar surface area (TPSA) is 35.5 Å². The molecule has 2 aromatic rings. The van der Waals surface area contributed by atoms with E-state index in [0.29, 0.717) is 0 Å². The van der Waals surface area contributed by atoms with Crippen molar-refractivity contribution in [3.05, 3.63) is 46.4 Å². The van der Waals surface area contributed by atoms with Crippen molar-refractivity contribution in [1.29, 1.82) is 0 Å². The van der Waals surface area contributed by atoms with Crippen molar-refractivity contribution in [2.75, 3.05) is 50.1 Å². The van der Waals surface area contributed by atoms with Crippen molar-refractivity contribution in [3.8, 4) is 0 Å². The van der Waals surface area contributed by atoms with Gasteiger partial charge in [-0.25, -0.2) is 0 Å². The maximum Gasteiger partial charge on any atom is 0.151 e. The average molecular weight is 376 g/mol. The predicted octanol–water partition coefficient (Wildman–Crippen LogP) is 2.63. The molecular weight excluding hydrogens is 354 g/mol. The number of nitrogens with zero attached hydrogens (tertiary/aromatic N) is 5. The number of anilines is 2. The maximum atomic E-state index is 4.35. The van der Waals surface area contributed by atoms with Gasteiger partial charge in [0.1, 0.15) is 0 Å². The smallest absolute Gasteiger partial charge is 0.151 e. The third kappa shape index (κ3) is 4.20. The van der Waals surface area contributed by atoms with Crippen LogP contribution >= 0.6 is 15.9 Å². The molecule has 2 heterocycles. The summed E-state index contributed by atoms with van der Waals surface area (Å²) in [6.07, 6.45) is 0. The fraction of sp³-hybridized carbons (Fsp3) is 0.412. The van der Waals surface area contributed by atoms with Gasteiger partial charge in [0, 0.05) is 51.3 Å². The van der Waals surface area contributed by atoms with Crippen molar-refractivity contribution >= 4 is 27.6 Å². The van der Waals surface area contributed by atoms with Crippen LogP contribution in [0.2, 0.25) is 0 Å². The van der Waals surface area contributed by atoms with Crippen LogP contribution in [-0.4, -0.2) is 55.4 Å². The summed E-state index contributed by atoms with van der Waals surface area (Å²) in [7, 11) is 3.95. The molecule has 1 saturated heterocycles. The van der Waals surface area contributed by atoms with Gasteiger partial charge in [0.15, 0.2) is 11.6 Å². The van der Waals surface area contributed by atoms with E-state index in [1.807, 2.05) is 25.1 Å². The Kier molecular flexibility index (Phi) is 5.13. The van der Waals surface area contributed by atoms with E-state index in [2.05, 4.69) is 66.3 Å². The van der Waals surface area contributed by atoms with Crippen LogP contribution in [-0.2, 0) is 6.54 Å². The number of hydrogen-bond acceptors (Lipinski definition) is 5. The zero-order valence-corrected chi connectivity index (χ0v) is 15.2. The number of hydrogen-bond donors (Lipinski definition) is 0. The maximum absolute atomic E-state index is 4.35. The Balaban J connectivity index is 1.54. The molecule has 0 amide bonds. The Morgan fingerprint density at radius 1 is 0.957 bits per heavy atom. The van der Waals surface area contributed by atoms with Gasteiger partial charge in [0.05, 0.1) is 0 Å². The van der Waals surface area contributed by atoms with Gasteiger partial charge in [-0.05, 0) is 29.8 Å². The van der Waals surface area contributed by atoms with E-state index in [0.717, 1.165) is 48.8 Å². The molecule has 6 heteroatoms. The van der Waals surface area contributed by atoms with Crippen LogP contribution in [0.15, 0.2) is 40.9 Å². The minimum absolute atomic E-state index is 0.891. The molecule has 0 bridgehead atoms. The van der Waals surface area contributed by atoms with E-state index < -0.39 is 0 Å². The summed E-state index contributed by atoms with van der Waals surface area (Å²) < 4.78 is 1.13. The van der Waals surface area contributed by atoms with Crippen LogP contribution in [0, 0.1) is 0 Å². The summed E-state index contributed by atoms with van der Waals surface area (Å²) in [5.74, 6) is 1.86. The number of benzene rings is 1. The quantitative estimate of drug-likeness (QED) is 0.820. The normalized spacial score (nSPS) is 15.7. The minimum Gasteiger partial charge on any atom is -0.361 e. The molecule has 0 saturated carbocycles. The van der Waals surface area contributed by atoms with Crippen LogP contribution in [0.25, 0.3) is 0 Å². The first-order chi connectivity index (χ1) is 11.1. The Morgan fingerprint density at radius 2 is 1.65 bits per heavy atom. The zero-order chi connectivity index (χ0) is 16.2. The first-order valence-corrected chi connectivity index (χ1v) is 8.64. The molecule has 23 heavy (non-hydrogen) atoms. The monoisotopic (exact) mass is 375 g/mol. The molecule has 1 aromatic carbocycles. The van der Waals surface area contributed by atoms with E-state index in [9.17, 15) is 0 Å². The van der Waals surface area contributed by atoms with Gasteiger partial charge in [-0.2, -0.15) is 0 Å². The molecule has 0 radical (unpaired) electrons. The lowest BCUT2D eigenvalue weighted by Gasteiger charge is -2.35. The van der Waals surface area contributed by atoms with E-state index in [4.69, 9.17) is 0 Å². The van der Waals surface area contributed by atoms with Gasteiger partial charge < -0.3 is 9.80 Å². The van der Waals surface area contributed by atoms with E-state index in [-0.39, 0.29) is 0 Å². The summed E-state index contributed by atoms with van der Waals surface area (Å²) in [6, 6.07) is 12.7. The fourth-order valence-electron chi connectivity index (χ4n) is 2.71. The Morgan fingerprint density at radius 3 is 2.22 bits per heavy atom. The van der Waals surface area contributed by atoms with Crippen LogP contribution < -0.4 is 9.80 Å². The highest BCUT2D eigenvalue weighted by molar-refractivity contribution is 9.10. The van der Waals surface area contributed by atoms with Gasteiger partial charge in [-0.15, -0.1) is 10.2 Å². The summed E-state index contributed by atoms with van der Waals surface area (Å²) in [4.78, 5) is 6.76. The molecule has 3 rings (SSSR count). The molecule has 1 aliphatic heterocycles. The van der Waals surface area contributed by atoms with E-state index >= 15 is 0 Å². The van der Waals surface area contributed by atoms with Crippen molar-refractivity contribution in [3.63, 3.8) is 0 Å². The summed E-state index contributed by atoms with van der Waals surface area (Å²) >= 11 is 3.48. The third-order valence-corrected chi connectivity index (χ3v) is 4.64. The number of halogens is 1. The highest BCUT2D eigenvalue weighted by Crippen LogP contribution is 2.17. The zero-order valence-electron chi connectivity index (χ0n) is 13.6. The summed E-state index contributed by atoms with van der Waals surface area (Å²) in [6.45, 7) is 5.09. The molecule has 0 N–H and O–H groups in total. The summed E-state index contributed by atoms with van der Waals surface area (Å²) in [5.41, 5.74) is 1.36. The second-order valence-electron chi connectivity index (χ2n) is 6.03. The Hall–Kier alpha value is -1.66. The average Bonchev–Trinajstić information content (AvgIpc) is 2.58. The lowest BCUT2D eigenvalue weighted by Crippen LogP contribution is -2.46. The van der Waals surface area contributed by atoms with Gasteiger partial charge in [0.2, 0.25) is 0 Å². The largest absolute Gasteiger partial charge is 0.361 e. The molecule has 1 aromatic heterocycles. The van der Waals surface area contributed by atoms with E-state index in [1.165, 1.54) is 5.56 Å². The van der Waals surface area contributed by atoms with Crippen LogP contribution in [0.1, 0.15) is 5.56 Å². The highest BCUT2D eigenvalue weighted by atomic mass is 79.9. The molecule has 0 unspecified atom stereocenters.